The van der Waals surface area contributed by atoms with E-state index in [-0.39, 0.29) is 18.7 Å². The van der Waals surface area contributed by atoms with E-state index in [2.05, 4.69) is 5.32 Å². The van der Waals surface area contributed by atoms with Gasteiger partial charge in [0.05, 0.1) is 5.69 Å². The molecule has 2 rings (SSSR count). The van der Waals surface area contributed by atoms with Crippen molar-refractivity contribution in [3.05, 3.63) is 58.1 Å². The van der Waals surface area contributed by atoms with E-state index in [4.69, 9.17) is 23.2 Å². The van der Waals surface area contributed by atoms with Crippen molar-refractivity contribution in [2.75, 3.05) is 16.8 Å². The van der Waals surface area contributed by atoms with Crippen molar-refractivity contribution in [1.29, 1.82) is 0 Å². The number of carbonyl (C=O) groups excluding carboxylic acids is 2. The van der Waals surface area contributed by atoms with Crippen LogP contribution in [0.15, 0.2) is 36.4 Å². The molecule has 0 aliphatic carbocycles. The van der Waals surface area contributed by atoms with Gasteiger partial charge < -0.3 is 10.2 Å². The summed E-state index contributed by atoms with van der Waals surface area (Å²) >= 11 is 11.7. The van der Waals surface area contributed by atoms with Gasteiger partial charge in [-0.25, -0.2) is 8.78 Å². The minimum absolute atomic E-state index is 0.0714. The van der Waals surface area contributed by atoms with E-state index in [0.29, 0.717) is 21.8 Å². The third-order valence-electron chi connectivity index (χ3n) is 3.29. The molecule has 0 aliphatic heterocycles. The molecule has 2 aromatic rings. The summed E-state index contributed by atoms with van der Waals surface area (Å²) in [4.78, 5) is 24.9. The van der Waals surface area contributed by atoms with Crippen molar-refractivity contribution in [1.82, 2.24) is 0 Å². The average Bonchev–Trinajstić information content (AvgIpc) is 2.47. The lowest BCUT2D eigenvalue weighted by Gasteiger charge is -2.21. The van der Waals surface area contributed by atoms with Gasteiger partial charge in [0.15, 0.2) is 0 Å². The fourth-order valence-corrected chi connectivity index (χ4v) is 2.74. The average molecular weight is 387 g/mol. The molecule has 0 spiro atoms. The Hall–Kier alpha value is -2.18. The Kier molecular flexibility index (Phi) is 6.33. The predicted molar refractivity (Wildman–Crippen MR) is 94.1 cm³/mol. The van der Waals surface area contributed by atoms with Crippen LogP contribution >= 0.6 is 23.2 Å². The number of amides is 2. The van der Waals surface area contributed by atoms with Gasteiger partial charge in [-0.2, -0.15) is 0 Å². The maximum Gasteiger partial charge on any atom is 0.226 e. The SMILES string of the molecule is CC(=O)N(CCC(=O)Nc1cc(Cl)cc(Cl)c1)c1ccc(F)cc1F. The number of carbonyl (C=O) groups is 2. The van der Waals surface area contributed by atoms with Gasteiger partial charge >= 0.3 is 0 Å². The van der Waals surface area contributed by atoms with Gasteiger partial charge in [-0.05, 0) is 30.3 Å². The summed E-state index contributed by atoms with van der Waals surface area (Å²) in [6.45, 7) is 1.16. The van der Waals surface area contributed by atoms with Crippen LogP contribution in [0.25, 0.3) is 0 Å². The van der Waals surface area contributed by atoms with E-state index in [1.54, 1.807) is 0 Å². The van der Waals surface area contributed by atoms with Crippen LogP contribution in [0.2, 0.25) is 10.0 Å². The molecule has 1 N–H and O–H groups in total. The van der Waals surface area contributed by atoms with E-state index < -0.39 is 23.4 Å². The number of nitrogens with one attached hydrogen (secondary N) is 1. The lowest BCUT2D eigenvalue weighted by atomic mass is 10.2. The molecule has 0 fully saturated rings. The summed E-state index contributed by atoms with van der Waals surface area (Å²) in [6.07, 6.45) is -0.0967. The largest absolute Gasteiger partial charge is 0.326 e. The summed E-state index contributed by atoms with van der Waals surface area (Å²) < 4.78 is 26.9. The maximum absolute atomic E-state index is 13.9. The molecule has 2 amide bonds. The number of halogens is 4. The summed E-state index contributed by atoms with van der Waals surface area (Å²) in [7, 11) is 0. The third-order valence-corrected chi connectivity index (χ3v) is 3.73. The van der Waals surface area contributed by atoms with Crippen LogP contribution in [0.1, 0.15) is 13.3 Å². The second-order valence-electron chi connectivity index (χ2n) is 5.22. The Bertz CT molecular complexity index is 795. The highest BCUT2D eigenvalue weighted by molar-refractivity contribution is 6.35. The Labute approximate surface area is 153 Å². The van der Waals surface area contributed by atoms with Crippen LogP contribution in [-0.4, -0.2) is 18.4 Å². The zero-order valence-corrected chi connectivity index (χ0v) is 14.7. The maximum atomic E-state index is 13.9. The first kappa shape index (κ1) is 19.1. The first-order chi connectivity index (χ1) is 11.8. The number of hydrogen-bond donors (Lipinski definition) is 1. The normalized spacial score (nSPS) is 10.4. The molecular formula is C17H14Cl2F2N2O2. The molecule has 0 saturated carbocycles. The zero-order valence-electron chi connectivity index (χ0n) is 13.2. The van der Waals surface area contributed by atoms with Crippen LogP contribution in [0.5, 0.6) is 0 Å². The monoisotopic (exact) mass is 386 g/mol. The Balaban J connectivity index is 2.05. The number of hydrogen-bond acceptors (Lipinski definition) is 2. The molecule has 25 heavy (non-hydrogen) atoms. The van der Waals surface area contributed by atoms with Gasteiger partial charge in [0.2, 0.25) is 11.8 Å². The smallest absolute Gasteiger partial charge is 0.226 e. The zero-order chi connectivity index (χ0) is 18.6. The Morgan fingerprint density at radius 1 is 1.08 bits per heavy atom. The number of rotatable bonds is 5. The number of anilines is 2. The predicted octanol–water partition coefficient (Wildman–Crippen LogP) is 4.65. The summed E-state index contributed by atoms with van der Waals surface area (Å²) in [5, 5.41) is 3.32. The highest BCUT2D eigenvalue weighted by Gasteiger charge is 2.17. The third kappa shape index (κ3) is 5.41. The van der Waals surface area contributed by atoms with Crippen molar-refractivity contribution in [2.45, 2.75) is 13.3 Å². The van der Waals surface area contributed by atoms with Crippen LogP contribution in [-0.2, 0) is 9.59 Å². The molecule has 8 heteroatoms. The highest BCUT2D eigenvalue weighted by atomic mass is 35.5. The molecular weight excluding hydrogens is 373 g/mol. The minimum Gasteiger partial charge on any atom is -0.326 e. The molecule has 0 heterocycles. The Morgan fingerprint density at radius 3 is 2.28 bits per heavy atom. The van der Waals surface area contributed by atoms with Gasteiger partial charge in [0, 0.05) is 41.7 Å². The summed E-state index contributed by atoms with van der Waals surface area (Å²) in [6, 6.07) is 7.44. The quantitative estimate of drug-likeness (QED) is 0.812. The standard InChI is InChI=1S/C17H14Cl2F2N2O2/c1-10(24)23(16-3-2-13(20)9-15(16)21)5-4-17(25)22-14-7-11(18)6-12(19)8-14/h2-3,6-9H,4-5H2,1H3,(H,22,25). The number of nitrogens with zero attached hydrogens (tertiary/aromatic N) is 1. The van der Waals surface area contributed by atoms with E-state index in [1.165, 1.54) is 25.1 Å². The van der Waals surface area contributed by atoms with E-state index in [1.807, 2.05) is 0 Å². The van der Waals surface area contributed by atoms with Crippen molar-refractivity contribution in [3.63, 3.8) is 0 Å². The lowest BCUT2D eigenvalue weighted by molar-refractivity contribution is -0.117. The fourth-order valence-electron chi connectivity index (χ4n) is 2.21. The van der Waals surface area contributed by atoms with Crippen LogP contribution < -0.4 is 10.2 Å². The summed E-state index contributed by atoms with van der Waals surface area (Å²) in [5.41, 5.74) is 0.317. The topological polar surface area (TPSA) is 49.4 Å². The molecule has 132 valence electrons. The molecule has 0 atom stereocenters. The van der Waals surface area contributed by atoms with Crippen molar-refractivity contribution >= 4 is 46.4 Å². The fraction of sp³-hybridized carbons (Fsp3) is 0.176. The molecule has 4 nitrogen and oxygen atoms in total. The van der Waals surface area contributed by atoms with Gasteiger partial charge in [-0.3, -0.25) is 9.59 Å². The first-order valence-corrected chi connectivity index (χ1v) is 8.01. The van der Waals surface area contributed by atoms with Crippen LogP contribution in [0.3, 0.4) is 0 Å². The molecule has 0 aromatic heterocycles. The van der Waals surface area contributed by atoms with E-state index >= 15 is 0 Å². The molecule has 0 unspecified atom stereocenters. The molecule has 0 radical (unpaired) electrons. The van der Waals surface area contributed by atoms with Gasteiger partial charge in [-0.1, -0.05) is 23.2 Å². The van der Waals surface area contributed by atoms with Crippen molar-refractivity contribution in [2.24, 2.45) is 0 Å². The Morgan fingerprint density at radius 2 is 1.72 bits per heavy atom. The van der Waals surface area contributed by atoms with Crippen LogP contribution in [0, 0.1) is 11.6 Å². The minimum atomic E-state index is -0.878. The second-order valence-corrected chi connectivity index (χ2v) is 6.10. The number of benzene rings is 2. The highest BCUT2D eigenvalue weighted by Crippen LogP contribution is 2.23. The molecule has 0 saturated heterocycles. The van der Waals surface area contributed by atoms with E-state index in [0.717, 1.165) is 17.0 Å². The van der Waals surface area contributed by atoms with Gasteiger partial charge in [-0.15, -0.1) is 0 Å². The lowest BCUT2D eigenvalue weighted by Crippen LogP contribution is -2.32. The summed E-state index contributed by atoms with van der Waals surface area (Å²) in [5.74, 6) is -2.51. The van der Waals surface area contributed by atoms with Crippen molar-refractivity contribution < 1.29 is 18.4 Å². The van der Waals surface area contributed by atoms with Gasteiger partial charge in [0.25, 0.3) is 0 Å². The van der Waals surface area contributed by atoms with Gasteiger partial charge in [0.1, 0.15) is 11.6 Å². The first-order valence-electron chi connectivity index (χ1n) is 7.25. The van der Waals surface area contributed by atoms with Crippen LogP contribution in [0.4, 0.5) is 20.2 Å². The second kappa shape index (κ2) is 8.27. The molecule has 0 bridgehead atoms. The van der Waals surface area contributed by atoms with Crippen molar-refractivity contribution in [3.8, 4) is 0 Å². The molecule has 2 aromatic carbocycles. The van der Waals surface area contributed by atoms with E-state index in [9.17, 15) is 18.4 Å². The molecule has 0 aliphatic rings.